The van der Waals surface area contributed by atoms with Gasteiger partial charge in [0.1, 0.15) is 6.04 Å². The molecule has 0 heterocycles. The van der Waals surface area contributed by atoms with Gasteiger partial charge in [-0.25, -0.2) is 0 Å². The summed E-state index contributed by atoms with van der Waals surface area (Å²) in [6, 6.07) is 3.92. The van der Waals surface area contributed by atoms with Crippen molar-refractivity contribution in [2.45, 2.75) is 6.04 Å². The second-order valence-electron chi connectivity index (χ2n) is 2.45. The van der Waals surface area contributed by atoms with E-state index in [0.29, 0.717) is 15.1 Å². The van der Waals surface area contributed by atoms with Crippen molar-refractivity contribution in [1.29, 1.82) is 0 Å². The Morgan fingerprint density at radius 2 is 2.23 bits per heavy atom. The highest BCUT2D eigenvalue weighted by Gasteiger charge is 2.19. The Morgan fingerprint density at radius 1 is 1.62 bits per heavy atom. The molecule has 3 nitrogen and oxygen atoms in total. The van der Waals surface area contributed by atoms with Crippen LogP contribution in [0, 0.1) is 0 Å². The maximum atomic E-state index is 10.6. The van der Waals surface area contributed by atoms with Gasteiger partial charge >= 0.3 is 5.97 Å². The molecule has 0 saturated carbocycles. The number of carboxylic acids is 1. The molecule has 0 aliphatic heterocycles. The summed E-state index contributed by atoms with van der Waals surface area (Å²) in [5.74, 6) is -1.10. The molecule has 3 N–H and O–H groups in total. The van der Waals surface area contributed by atoms with Gasteiger partial charge in [-0.3, -0.25) is 4.79 Å². The van der Waals surface area contributed by atoms with Crippen LogP contribution in [0.25, 0.3) is 0 Å². The van der Waals surface area contributed by atoms with E-state index in [9.17, 15) is 4.79 Å². The smallest absolute Gasteiger partial charge is 0.325 e. The Bertz CT molecular complexity index is 323. The van der Waals surface area contributed by atoms with Gasteiger partial charge in [0, 0.05) is 15.1 Å². The first-order valence-electron chi connectivity index (χ1n) is 3.46. The first kappa shape index (κ1) is 10.5. The SMILES string of the molecule is N[C@@H](C(=O)O)c1c(Cl)cccc1Br. The van der Waals surface area contributed by atoms with E-state index in [0.717, 1.165) is 0 Å². The van der Waals surface area contributed by atoms with Crippen LogP contribution in [0.1, 0.15) is 11.6 Å². The second kappa shape index (κ2) is 4.09. The van der Waals surface area contributed by atoms with Crippen molar-refractivity contribution in [2.75, 3.05) is 0 Å². The first-order chi connectivity index (χ1) is 6.04. The molecule has 0 aromatic heterocycles. The minimum Gasteiger partial charge on any atom is -0.480 e. The number of carbonyl (C=O) groups is 1. The number of rotatable bonds is 2. The van der Waals surface area contributed by atoms with Gasteiger partial charge in [-0.15, -0.1) is 0 Å². The monoisotopic (exact) mass is 263 g/mol. The molecule has 0 fully saturated rings. The molecule has 0 radical (unpaired) electrons. The minimum absolute atomic E-state index is 0.351. The summed E-state index contributed by atoms with van der Waals surface area (Å²) in [6.45, 7) is 0. The van der Waals surface area contributed by atoms with Crippen molar-refractivity contribution >= 4 is 33.5 Å². The van der Waals surface area contributed by atoms with Crippen LogP contribution in [0.4, 0.5) is 0 Å². The number of hydrogen-bond acceptors (Lipinski definition) is 2. The van der Waals surface area contributed by atoms with Crippen LogP contribution in [0.15, 0.2) is 22.7 Å². The van der Waals surface area contributed by atoms with Crippen molar-refractivity contribution < 1.29 is 9.90 Å². The molecule has 70 valence electrons. The van der Waals surface area contributed by atoms with Crippen LogP contribution >= 0.6 is 27.5 Å². The highest BCUT2D eigenvalue weighted by Crippen LogP contribution is 2.29. The van der Waals surface area contributed by atoms with Crippen LogP contribution in [0.5, 0.6) is 0 Å². The van der Waals surface area contributed by atoms with Gasteiger partial charge in [0.15, 0.2) is 0 Å². The quantitative estimate of drug-likeness (QED) is 0.860. The van der Waals surface area contributed by atoms with Crippen molar-refractivity contribution in [3.05, 3.63) is 33.3 Å². The predicted octanol–water partition coefficient (Wildman–Crippen LogP) is 2.19. The number of nitrogens with two attached hydrogens (primary N) is 1. The van der Waals surface area contributed by atoms with Crippen molar-refractivity contribution in [1.82, 2.24) is 0 Å². The third-order valence-electron chi connectivity index (χ3n) is 1.58. The first-order valence-corrected chi connectivity index (χ1v) is 4.63. The lowest BCUT2D eigenvalue weighted by atomic mass is 10.1. The molecule has 0 unspecified atom stereocenters. The van der Waals surface area contributed by atoms with Crippen LogP contribution < -0.4 is 5.73 Å². The topological polar surface area (TPSA) is 63.3 Å². The average molecular weight is 265 g/mol. The van der Waals surface area contributed by atoms with E-state index in [1.165, 1.54) is 0 Å². The van der Waals surface area contributed by atoms with E-state index in [-0.39, 0.29) is 0 Å². The summed E-state index contributed by atoms with van der Waals surface area (Å²) in [6.07, 6.45) is 0. The van der Waals surface area contributed by atoms with Gasteiger partial charge < -0.3 is 10.8 Å². The molecular weight excluding hydrogens is 257 g/mol. The number of aliphatic carboxylic acids is 1. The van der Waals surface area contributed by atoms with E-state index in [2.05, 4.69) is 15.9 Å². The molecule has 1 rings (SSSR count). The predicted molar refractivity (Wildman–Crippen MR) is 53.7 cm³/mol. The lowest BCUT2D eigenvalue weighted by Gasteiger charge is -2.10. The summed E-state index contributed by atoms with van der Waals surface area (Å²) in [5.41, 5.74) is 5.83. The Balaban J connectivity index is 3.20. The maximum Gasteiger partial charge on any atom is 0.325 e. The van der Waals surface area contributed by atoms with Gasteiger partial charge in [-0.2, -0.15) is 0 Å². The van der Waals surface area contributed by atoms with Crippen LogP contribution in [-0.2, 0) is 4.79 Å². The molecular formula is C8H7BrClNO2. The maximum absolute atomic E-state index is 10.6. The second-order valence-corrected chi connectivity index (χ2v) is 3.71. The average Bonchev–Trinajstić information content (AvgIpc) is 2.03. The lowest BCUT2D eigenvalue weighted by Crippen LogP contribution is -2.21. The van der Waals surface area contributed by atoms with E-state index in [4.69, 9.17) is 22.4 Å². The zero-order valence-corrected chi connectivity index (χ0v) is 8.84. The summed E-state index contributed by atoms with van der Waals surface area (Å²) < 4.78 is 0.606. The van der Waals surface area contributed by atoms with E-state index in [1.54, 1.807) is 18.2 Å². The Hall–Kier alpha value is -0.580. The Labute approximate surface area is 88.6 Å². The van der Waals surface area contributed by atoms with E-state index in [1.807, 2.05) is 0 Å². The fraction of sp³-hybridized carbons (Fsp3) is 0.125. The van der Waals surface area contributed by atoms with Crippen molar-refractivity contribution in [3.63, 3.8) is 0 Å². The van der Waals surface area contributed by atoms with Crippen molar-refractivity contribution in [2.24, 2.45) is 5.73 Å². The standard InChI is InChI=1S/C8H7BrClNO2/c9-4-2-1-3-5(10)6(4)7(11)8(12)13/h1-3,7H,11H2,(H,12,13)/t7-/m1/s1. The summed E-state index contributed by atoms with van der Waals surface area (Å²) in [7, 11) is 0. The van der Waals surface area contributed by atoms with Crippen molar-refractivity contribution in [3.8, 4) is 0 Å². The normalized spacial score (nSPS) is 12.5. The highest BCUT2D eigenvalue weighted by molar-refractivity contribution is 9.10. The largest absolute Gasteiger partial charge is 0.480 e. The molecule has 0 saturated heterocycles. The van der Waals surface area contributed by atoms with Gasteiger partial charge in [-0.05, 0) is 12.1 Å². The van der Waals surface area contributed by atoms with Gasteiger partial charge in [-0.1, -0.05) is 33.6 Å². The van der Waals surface area contributed by atoms with E-state index >= 15 is 0 Å². The third kappa shape index (κ3) is 2.21. The molecule has 0 spiro atoms. The minimum atomic E-state index is -1.10. The summed E-state index contributed by atoms with van der Waals surface area (Å²) >= 11 is 8.98. The molecule has 5 heteroatoms. The molecule has 0 bridgehead atoms. The molecule has 0 aliphatic carbocycles. The van der Waals surface area contributed by atoms with Gasteiger partial charge in [0.05, 0.1) is 0 Å². The van der Waals surface area contributed by atoms with Gasteiger partial charge in [0.2, 0.25) is 0 Å². The lowest BCUT2D eigenvalue weighted by molar-refractivity contribution is -0.138. The number of hydrogen-bond donors (Lipinski definition) is 2. The Morgan fingerprint density at radius 3 is 2.69 bits per heavy atom. The zero-order chi connectivity index (χ0) is 10.0. The summed E-state index contributed by atoms with van der Waals surface area (Å²) in [5, 5.41) is 9.03. The van der Waals surface area contributed by atoms with Crippen LogP contribution in [-0.4, -0.2) is 11.1 Å². The Kier molecular flexibility index (Phi) is 3.30. The molecule has 0 amide bonds. The molecule has 1 atom stereocenters. The fourth-order valence-electron chi connectivity index (χ4n) is 0.931. The fourth-order valence-corrected chi connectivity index (χ4v) is 1.95. The molecule has 13 heavy (non-hydrogen) atoms. The van der Waals surface area contributed by atoms with Crippen LogP contribution in [0.3, 0.4) is 0 Å². The molecule has 1 aromatic rings. The number of benzene rings is 1. The summed E-state index contributed by atoms with van der Waals surface area (Å²) in [4.78, 5) is 10.6. The van der Waals surface area contributed by atoms with Crippen LogP contribution in [0.2, 0.25) is 5.02 Å². The molecule has 0 aliphatic rings. The van der Waals surface area contributed by atoms with E-state index < -0.39 is 12.0 Å². The van der Waals surface area contributed by atoms with Gasteiger partial charge in [0.25, 0.3) is 0 Å². The zero-order valence-electron chi connectivity index (χ0n) is 6.50. The molecule has 1 aromatic carbocycles. The number of halogens is 2. The number of carboxylic acid groups (broad SMARTS) is 1. The highest BCUT2D eigenvalue weighted by atomic mass is 79.9. The third-order valence-corrected chi connectivity index (χ3v) is 2.60.